The number of benzene rings is 2. The maximum atomic E-state index is 14.0. The minimum absolute atomic E-state index is 0.0527. The molecule has 2 aromatic carbocycles. The van der Waals surface area contributed by atoms with Crippen molar-refractivity contribution >= 4 is 5.91 Å². The molecule has 1 atom stereocenters. The molecule has 4 rings (SSSR count). The molecule has 0 spiro atoms. The maximum absolute atomic E-state index is 14.0. The van der Waals surface area contributed by atoms with Crippen LogP contribution in [-0.4, -0.2) is 34.6 Å². The van der Waals surface area contributed by atoms with Crippen molar-refractivity contribution in [3.05, 3.63) is 65.8 Å². The molecule has 1 fully saturated rings. The van der Waals surface area contributed by atoms with Gasteiger partial charge in [-0.1, -0.05) is 29.4 Å². The van der Waals surface area contributed by atoms with Crippen molar-refractivity contribution in [2.75, 3.05) is 13.7 Å². The zero-order chi connectivity index (χ0) is 18.8. The third-order valence-electron chi connectivity index (χ3n) is 4.67. The van der Waals surface area contributed by atoms with Crippen LogP contribution in [0.2, 0.25) is 0 Å². The van der Waals surface area contributed by atoms with E-state index in [2.05, 4.69) is 10.1 Å². The molecule has 6 nitrogen and oxygen atoms in total. The first-order valence-corrected chi connectivity index (χ1v) is 8.71. The first-order chi connectivity index (χ1) is 13.2. The van der Waals surface area contributed by atoms with Crippen LogP contribution in [0.15, 0.2) is 53.1 Å². The van der Waals surface area contributed by atoms with Crippen LogP contribution in [-0.2, 0) is 0 Å². The number of rotatable bonds is 4. The number of hydrogen-bond donors (Lipinski definition) is 0. The Kier molecular flexibility index (Phi) is 4.58. The van der Waals surface area contributed by atoms with Crippen LogP contribution in [0.4, 0.5) is 4.39 Å². The summed E-state index contributed by atoms with van der Waals surface area (Å²) in [5.41, 5.74) is 0.811. The van der Waals surface area contributed by atoms with Crippen LogP contribution in [0, 0.1) is 5.82 Å². The van der Waals surface area contributed by atoms with Gasteiger partial charge >= 0.3 is 0 Å². The van der Waals surface area contributed by atoms with E-state index in [1.165, 1.54) is 12.1 Å². The summed E-state index contributed by atoms with van der Waals surface area (Å²) < 4.78 is 24.7. The number of carbonyl (C=O) groups is 1. The van der Waals surface area contributed by atoms with Crippen molar-refractivity contribution in [2.24, 2.45) is 0 Å². The number of carbonyl (C=O) groups excluding carboxylic acids is 1. The van der Waals surface area contributed by atoms with Gasteiger partial charge in [0, 0.05) is 12.1 Å². The molecule has 0 N–H and O–H groups in total. The van der Waals surface area contributed by atoms with Crippen molar-refractivity contribution in [1.82, 2.24) is 15.0 Å². The molecule has 1 aromatic heterocycles. The standard InChI is InChI=1S/C20H18FN3O3/c1-26-14-7-4-6-13(12-14)18-22-19(27-23-18)17-10-5-11-24(17)20(25)15-8-2-3-9-16(15)21/h2-4,6-9,12,17H,5,10-11H2,1H3/t17-/m0/s1. The molecule has 0 radical (unpaired) electrons. The molecule has 1 amide bonds. The second kappa shape index (κ2) is 7.19. The predicted molar refractivity (Wildman–Crippen MR) is 95.7 cm³/mol. The molecule has 1 saturated heterocycles. The van der Waals surface area contributed by atoms with Crippen molar-refractivity contribution in [3.63, 3.8) is 0 Å². The quantitative estimate of drug-likeness (QED) is 0.700. The van der Waals surface area contributed by atoms with Gasteiger partial charge in [-0.2, -0.15) is 4.98 Å². The van der Waals surface area contributed by atoms with E-state index in [0.717, 1.165) is 12.0 Å². The SMILES string of the molecule is COc1cccc(-c2noc([C@@H]3CCCN3C(=O)c3ccccc3F)n2)c1. The van der Waals surface area contributed by atoms with Gasteiger partial charge in [-0.15, -0.1) is 0 Å². The van der Waals surface area contributed by atoms with Gasteiger partial charge in [0.05, 0.1) is 12.7 Å². The normalized spacial score (nSPS) is 16.5. The number of amides is 1. The average molecular weight is 367 g/mol. The largest absolute Gasteiger partial charge is 0.497 e. The monoisotopic (exact) mass is 367 g/mol. The van der Waals surface area contributed by atoms with Crippen molar-refractivity contribution in [1.29, 1.82) is 0 Å². The van der Waals surface area contributed by atoms with E-state index in [1.54, 1.807) is 24.1 Å². The lowest BCUT2D eigenvalue weighted by Crippen LogP contribution is -2.31. The Morgan fingerprint density at radius 3 is 2.93 bits per heavy atom. The van der Waals surface area contributed by atoms with E-state index in [1.807, 2.05) is 24.3 Å². The Morgan fingerprint density at radius 2 is 2.11 bits per heavy atom. The Bertz CT molecular complexity index is 972. The fourth-order valence-corrected chi connectivity index (χ4v) is 3.31. The zero-order valence-electron chi connectivity index (χ0n) is 14.8. The molecule has 1 aliphatic heterocycles. The summed E-state index contributed by atoms with van der Waals surface area (Å²) >= 11 is 0. The highest BCUT2D eigenvalue weighted by atomic mass is 19.1. The van der Waals surface area contributed by atoms with E-state index >= 15 is 0 Å². The third-order valence-corrected chi connectivity index (χ3v) is 4.67. The zero-order valence-corrected chi connectivity index (χ0v) is 14.8. The molecule has 2 heterocycles. The van der Waals surface area contributed by atoms with E-state index < -0.39 is 5.82 Å². The molecule has 0 aliphatic carbocycles. The molecule has 7 heteroatoms. The van der Waals surface area contributed by atoms with Gasteiger partial charge in [-0.25, -0.2) is 4.39 Å². The van der Waals surface area contributed by atoms with Crippen molar-refractivity contribution < 1.29 is 18.4 Å². The van der Waals surface area contributed by atoms with Crippen molar-refractivity contribution in [2.45, 2.75) is 18.9 Å². The smallest absolute Gasteiger partial charge is 0.257 e. The van der Waals surface area contributed by atoms with Gasteiger partial charge in [-0.05, 0) is 37.1 Å². The number of hydrogen-bond acceptors (Lipinski definition) is 5. The molecule has 0 bridgehead atoms. The fourth-order valence-electron chi connectivity index (χ4n) is 3.31. The first kappa shape index (κ1) is 17.2. The van der Waals surface area contributed by atoms with Gasteiger partial charge in [0.15, 0.2) is 0 Å². The number of likely N-dealkylation sites (tertiary alicyclic amines) is 1. The summed E-state index contributed by atoms with van der Waals surface area (Å²) in [6.07, 6.45) is 1.49. The second-order valence-corrected chi connectivity index (χ2v) is 6.32. The van der Waals surface area contributed by atoms with Crippen molar-refractivity contribution in [3.8, 4) is 17.1 Å². The molecular weight excluding hydrogens is 349 g/mol. The molecule has 1 aliphatic rings. The lowest BCUT2D eigenvalue weighted by Gasteiger charge is -2.22. The average Bonchev–Trinajstić information content (AvgIpc) is 3.37. The molecular formula is C20H18FN3O3. The van der Waals surface area contributed by atoms with Crippen LogP contribution in [0.3, 0.4) is 0 Å². The predicted octanol–water partition coefficient (Wildman–Crippen LogP) is 3.86. The van der Waals surface area contributed by atoms with Crippen LogP contribution >= 0.6 is 0 Å². The fraction of sp³-hybridized carbons (Fsp3) is 0.250. The number of nitrogens with zero attached hydrogens (tertiary/aromatic N) is 3. The highest BCUT2D eigenvalue weighted by Crippen LogP contribution is 2.33. The van der Waals surface area contributed by atoms with Gasteiger partial charge in [0.2, 0.25) is 11.7 Å². The maximum Gasteiger partial charge on any atom is 0.257 e. The van der Waals surface area contributed by atoms with E-state index in [4.69, 9.17) is 9.26 Å². The lowest BCUT2D eigenvalue weighted by molar-refractivity contribution is 0.0705. The molecule has 3 aromatic rings. The molecule has 138 valence electrons. The Labute approximate surface area is 155 Å². The number of ether oxygens (including phenoxy) is 1. The van der Waals surface area contributed by atoms with Gasteiger partial charge in [-0.3, -0.25) is 4.79 Å². The highest BCUT2D eigenvalue weighted by Gasteiger charge is 2.35. The number of halogens is 1. The summed E-state index contributed by atoms with van der Waals surface area (Å²) in [5, 5.41) is 4.04. The topological polar surface area (TPSA) is 68.5 Å². The molecule has 0 unspecified atom stereocenters. The van der Waals surface area contributed by atoms with Gasteiger partial charge in [0.1, 0.15) is 17.6 Å². The summed E-state index contributed by atoms with van der Waals surface area (Å²) in [6.45, 7) is 0.523. The minimum Gasteiger partial charge on any atom is -0.497 e. The van der Waals surface area contributed by atoms with Crippen LogP contribution in [0.25, 0.3) is 11.4 Å². The number of methoxy groups -OCH3 is 1. The van der Waals surface area contributed by atoms with Gasteiger partial charge < -0.3 is 14.2 Å². The van der Waals surface area contributed by atoms with Crippen LogP contribution in [0.1, 0.15) is 35.1 Å². The summed E-state index contributed by atoms with van der Waals surface area (Å²) in [5.74, 6) is 0.577. The van der Waals surface area contributed by atoms with E-state index in [9.17, 15) is 9.18 Å². The Morgan fingerprint density at radius 1 is 1.26 bits per heavy atom. The summed E-state index contributed by atoms with van der Waals surface area (Å²) in [4.78, 5) is 18.9. The minimum atomic E-state index is -0.532. The first-order valence-electron chi connectivity index (χ1n) is 8.71. The van der Waals surface area contributed by atoms with Gasteiger partial charge in [0.25, 0.3) is 5.91 Å². The summed E-state index contributed by atoms with van der Waals surface area (Å²) in [7, 11) is 1.59. The van der Waals surface area contributed by atoms with E-state index in [-0.39, 0.29) is 17.5 Å². The second-order valence-electron chi connectivity index (χ2n) is 6.32. The van der Waals surface area contributed by atoms with Crippen LogP contribution in [0.5, 0.6) is 5.75 Å². The van der Waals surface area contributed by atoms with E-state index in [0.29, 0.717) is 30.4 Å². The lowest BCUT2D eigenvalue weighted by atomic mass is 10.1. The molecule has 0 saturated carbocycles. The van der Waals surface area contributed by atoms with Crippen LogP contribution < -0.4 is 4.74 Å². The third kappa shape index (κ3) is 3.28. The molecule has 27 heavy (non-hydrogen) atoms. The Hall–Kier alpha value is -3.22. The number of aromatic nitrogens is 2. The summed E-state index contributed by atoms with van der Waals surface area (Å²) in [6, 6.07) is 13.0. The Balaban J connectivity index is 1.60. The highest BCUT2D eigenvalue weighted by molar-refractivity contribution is 5.94.